The second-order valence-electron chi connectivity index (χ2n) is 31.4. The molecule has 8 fully saturated rings. The minimum absolute atomic E-state index is 0.0114. The highest BCUT2D eigenvalue weighted by Crippen LogP contribution is 2.70. The molecule has 8 aliphatic carbocycles. The van der Waals surface area contributed by atoms with Gasteiger partial charge in [-0.05, 0) is 233 Å². The molecule has 452 valence electrons. The summed E-state index contributed by atoms with van der Waals surface area (Å²) in [5, 5.41) is 9.01. The largest absolute Gasteiger partial charge is 0.368 e. The van der Waals surface area contributed by atoms with Crippen LogP contribution in [0.5, 0.6) is 0 Å². The summed E-state index contributed by atoms with van der Waals surface area (Å²) in [6, 6.07) is -0.592. The summed E-state index contributed by atoms with van der Waals surface area (Å²) >= 11 is 0. The van der Waals surface area contributed by atoms with Gasteiger partial charge in [-0.2, -0.15) is 0 Å². The Morgan fingerprint density at radius 2 is 1.01 bits per heavy atom. The normalized spacial score (nSPS) is 38.9. The molecule has 0 spiro atoms. The topological polar surface area (TPSA) is 123 Å². The lowest BCUT2D eigenvalue weighted by Gasteiger charge is -2.62. The predicted octanol–water partition coefficient (Wildman–Crippen LogP) is 15.5. The highest BCUT2D eigenvalue weighted by atomic mass is 16.5. The van der Waals surface area contributed by atoms with Crippen LogP contribution in [0.25, 0.3) is 0 Å². The molecule has 3 N–H and O–H groups in total. The first kappa shape index (κ1) is 63.0. The van der Waals surface area contributed by atoms with Crippen LogP contribution in [-0.4, -0.2) is 68.1 Å². The molecule has 0 aromatic carbocycles. The molecule has 79 heavy (non-hydrogen) atoms. The van der Waals surface area contributed by atoms with E-state index < -0.39 is 6.04 Å². The number of fused-ring (bicyclic) bond motifs is 10. The molecule has 9 nitrogen and oxygen atoms in total. The van der Waals surface area contributed by atoms with Gasteiger partial charge in [-0.15, -0.1) is 0 Å². The zero-order valence-corrected chi connectivity index (χ0v) is 53.0. The number of hydrogen-bond donors (Lipinski definition) is 3. The van der Waals surface area contributed by atoms with E-state index in [9.17, 15) is 19.2 Å². The van der Waals surface area contributed by atoms with E-state index in [-0.39, 0.29) is 73.2 Å². The molecule has 8 aliphatic rings. The van der Waals surface area contributed by atoms with Crippen LogP contribution in [0.15, 0.2) is 0 Å². The molecule has 3 amide bonds. The van der Waals surface area contributed by atoms with Gasteiger partial charge < -0.3 is 25.4 Å². The number of unbranched alkanes of at least 4 members (excludes halogenated alkanes) is 1. The van der Waals surface area contributed by atoms with Gasteiger partial charge in [0.1, 0.15) is 13.2 Å². The van der Waals surface area contributed by atoms with E-state index in [4.69, 9.17) is 9.47 Å². The summed E-state index contributed by atoms with van der Waals surface area (Å²) in [4.78, 5) is 52.8. The number of rotatable bonds is 27. The Morgan fingerprint density at radius 1 is 0.481 bits per heavy atom. The van der Waals surface area contributed by atoms with Crippen LogP contribution < -0.4 is 16.0 Å². The zero-order chi connectivity index (χ0) is 56.9. The quantitative estimate of drug-likeness (QED) is 0.0704. The molecular weight excluding hydrogens is 979 g/mol. The molecular formula is C70H121N3O6. The highest BCUT2D eigenvalue weighted by molar-refractivity contribution is 5.90. The van der Waals surface area contributed by atoms with Crippen molar-refractivity contribution in [1.82, 2.24) is 16.0 Å². The molecule has 8 rings (SSSR count). The van der Waals surface area contributed by atoms with Crippen molar-refractivity contribution >= 4 is 23.5 Å². The van der Waals surface area contributed by atoms with E-state index in [1.165, 1.54) is 135 Å². The number of Topliss-reactive ketones (excluding diaryl/α,β-unsaturated/α-hetero) is 1. The van der Waals surface area contributed by atoms with Crippen molar-refractivity contribution in [1.29, 1.82) is 0 Å². The summed E-state index contributed by atoms with van der Waals surface area (Å²) in [7, 11) is 0. The molecule has 10 unspecified atom stereocenters. The average Bonchev–Trinajstić information content (AvgIpc) is 3.82. The molecule has 0 heterocycles. The SMILES string of the molecule is CC(C)CCCC(C)[C@H]1CCC2C3CCC4[C@@H](OCC(=O)NCCC(=O)N[C@@H](CCCCNC(=O)CO[C@H]5CC[C@@]6(C)C(CCC7C6CC[C@@]6(C)C7CCC6[C@@H](C)CCCC(C)C)C5)C(=O)C(C)C)CCC[C@]4(C)C3CC[C@@]21C. The van der Waals surface area contributed by atoms with Crippen LogP contribution >= 0.6 is 0 Å². The first-order valence-corrected chi connectivity index (χ1v) is 34.2. The fraction of sp³-hybridized carbons (Fsp3) is 0.943. The third-order valence-electron chi connectivity index (χ3n) is 25.7. The third kappa shape index (κ3) is 14.2. The molecule has 0 radical (unpaired) electrons. The number of carbonyl (C=O) groups is 4. The van der Waals surface area contributed by atoms with Crippen LogP contribution in [0.3, 0.4) is 0 Å². The molecule has 0 aliphatic heterocycles. The van der Waals surface area contributed by atoms with Gasteiger partial charge in [0, 0.05) is 25.4 Å². The summed E-state index contributed by atoms with van der Waals surface area (Å²) < 4.78 is 12.9. The maximum Gasteiger partial charge on any atom is 0.246 e. The number of ether oxygens (including phenoxy) is 2. The van der Waals surface area contributed by atoms with Crippen molar-refractivity contribution in [3.05, 3.63) is 0 Å². The lowest BCUT2D eigenvalue weighted by Crippen LogP contribution is -2.56. The smallest absolute Gasteiger partial charge is 0.246 e. The Balaban J connectivity index is 0.697. The Bertz CT molecular complexity index is 2010. The van der Waals surface area contributed by atoms with Crippen LogP contribution in [-0.2, 0) is 28.7 Å². The maximum absolute atomic E-state index is 13.3. The number of nitrogens with one attached hydrogen (secondary N) is 3. The molecule has 9 heteroatoms. The fourth-order valence-electron chi connectivity index (χ4n) is 21.4. The fourth-order valence-corrected chi connectivity index (χ4v) is 21.4. The molecule has 0 saturated heterocycles. The molecule has 0 bridgehead atoms. The van der Waals surface area contributed by atoms with Gasteiger partial charge in [0.25, 0.3) is 0 Å². The maximum atomic E-state index is 13.3. The van der Waals surface area contributed by atoms with Gasteiger partial charge >= 0.3 is 0 Å². The van der Waals surface area contributed by atoms with Crippen LogP contribution in [0.4, 0.5) is 0 Å². The summed E-state index contributed by atoms with van der Waals surface area (Å²) in [6.45, 7) is 29.8. The van der Waals surface area contributed by atoms with E-state index in [0.717, 1.165) is 90.3 Å². The van der Waals surface area contributed by atoms with Crippen LogP contribution in [0, 0.1) is 110 Å². The Hall–Kier alpha value is -2.00. The van der Waals surface area contributed by atoms with Crippen molar-refractivity contribution in [3.8, 4) is 0 Å². The summed E-state index contributed by atoms with van der Waals surface area (Å²) in [5.74, 6) is 10.6. The summed E-state index contributed by atoms with van der Waals surface area (Å²) in [5.41, 5.74) is 1.69. The van der Waals surface area contributed by atoms with Crippen LogP contribution in [0.2, 0.25) is 0 Å². The van der Waals surface area contributed by atoms with Crippen LogP contribution in [0.1, 0.15) is 263 Å². The van der Waals surface area contributed by atoms with E-state index >= 15 is 0 Å². The van der Waals surface area contributed by atoms with E-state index in [0.29, 0.717) is 53.9 Å². The number of hydrogen-bond acceptors (Lipinski definition) is 6. The van der Waals surface area contributed by atoms with Crippen molar-refractivity contribution in [2.75, 3.05) is 26.3 Å². The lowest BCUT2D eigenvalue weighted by molar-refractivity contribution is -0.163. The van der Waals surface area contributed by atoms with Crippen molar-refractivity contribution in [2.45, 2.75) is 281 Å². The van der Waals surface area contributed by atoms with E-state index in [1.54, 1.807) is 0 Å². The lowest BCUT2D eigenvalue weighted by atomic mass is 9.44. The molecule has 0 aromatic heterocycles. The average molecular weight is 1100 g/mol. The minimum Gasteiger partial charge on any atom is -0.368 e. The zero-order valence-electron chi connectivity index (χ0n) is 53.0. The second kappa shape index (κ2) is 27.4. The van der Waals surface area contributed by atoms with Gasteiger partial charge in [0.2, 0.25) is 17.7 Å². The number of amides is 3. The third-order valence-corrected chi connectivity index (χ3v) is 25.7. The van der Waals surface area contributed by atoms with Crippen molar-refractivity contribution in [2.24, 2.45) is 110 Å². The van der Waals surface area contributed by atoms with E-state index in [2.05, 4.69) is 85.2 Å². The highest BCUT2D eigenvalue weighted by Gasteiger charge is 2.63. The molecule has 8 saturated carbocycles. The van der Waals surface area contributed by atoms with Gasteiger partial charge in [-0.1, -0.05) is 128 Å². The van der Waals surface area contributed by atoms with Crippen molar-refractivity contribution in [3.63, 3.8) is 0 Å². The van der Waals surface area contributed by atoms with Gasteiger partial charge in [-0.25, -0.2) is 0 Å². The monoisotopic (exact) mass is 1100 g/mol. The Labute approximate surface area is 483 Å². The predicted molar refractivity (Wildman–Crippen MR) is 322 cm³/mol. The first-order chi connectivity index (χ1) is 37.6. The molecule has 19 atom stereocenters. The summed E-state index contributed by atoms with van der Waals surface area (Å²) in [6.07, 6.45) is 33.9. The second-order valence-corrected chi connectivity index (χ2v) is 31.4. The van der Waals surface area contributed by atoms with Gasteiger partial charge in [0.05, 0.1) is 18.2 Å². The standard InChI is InChI=1S/C70H121N3O6/c1-45(2)18-15-20-48(7)54-28-30-56-52-25-24-50-42-51(32-37-67(50,9)58(52)33-38-69(54,56)11)78-43-64(75)71-40-14-13-22-61(66(77)47(5)6)73-63(74)35-41-72-65(76)44-79-62-23-17-36-68(10)59-34-39-70(12)55(49(8)21-16-19-46(3)4)29-31-57(70)53(59)26-27-60(62)68/h45-62H,13-44H2,1-12H3,(H,71,75)(H,72,76)(H,73,74)/t48-,49?,50?,51-,52?,53?,54?,55+,56?,57?,58?,59?,60?,61-,62-,67-,68+,69+,70+/m0/s1. The first-order valence-electron chi connectivity index (χ1n) is 34.2. The van der Waals surface area contributed by atoms with E-state index in [1.807, 2.05) is 13.8 Å². The number of carbonyl (C=O) groups excluding carboxylic acids is 4. The van der Waals surface area contributed by atoms with Gasteiger partial charge in [-0.3, -0.25) is 19.2 Å². The molecule has 0 aromatic rings. The van der Waals surface area contributed by atoms with Gasteiger partial charge in [0.15, 0.2) is 5.78 Å². The Morgan fingerprint density at radius 3 is 1.61 bits per heavy atom. The van der Waals surface area contributed by atoms with Crippen molar-refractivity contribution < 1.29 is 28.7 Å². The number of ketones is 1. The minimum atomic E-state index is -0.592. The Kier molecular flexibility index (Phi) is 21.8.